The Morgan fingerprint density at radius 3 is 3.08 bits per heavy atom. The third-order valence-corrected chi connectivity index (χ3v) is 1.96. The molecular weight excluding hydrogens is 178 g/mol. The lowest BCUT2D eigenvalue weighted by Crippen LogP contribution is -1.77. The summed E-state index contributed by atoms with van der Waals surface area (Å²) in [5.41, 5.74) is 1.66. The maximum absolute atomic E-state index is 10.2. The van der Waals surface area contributed by atoms with Gasteiger partial charge in [-0.1, -0.05) is 5.16 Å². The highest BCUT2D eigenvalue weighted by atomic mass is 32.1. The number of carbonyl (C=O) groups is 1. The van der Waals surface area contributed by atoms with Crippen LogP contribution in [-0.4, -0.2) is 21.4 Å². The summed E-state index contributed by atoms with van der Waals surface area (Å²) in [4.78, 5) is 18.6. The van der Waals surface area contributed by atoms with Gasteiger partial charge in [-0.05, 0) is 0 Å². The maximum Gasteiger partial charge on any atom is 0.291 e. The summed E-state index contributed by atoms with van der Waals surface area (Å²) in [5, 5.41) is 3.58. The SMILES string of the molecule is O=Cc1nc(-c2cncs2)no1. The Morgan fingerprint density at radius 2 is 2.50 bits per heavy atom. The lowest BCUT2D eigenvalue weighted by atomic mass is 10.5. The molecule has 0 radical (unpaired) electrons. The molecule has 12 heavy (non-hydrogen) atoms. The molecule has 0 aromatic carbocycles. The molecule has 0 aliphatic heterocycles. The number of thiazole rings is 1. The van der Waals surface area contributed by atoms with Crippen molar-refractivity contribution in [2.24, 2.45) is 0 Å². The fourth-order valence-electron chi connectivity index (χ4n) is 0.709. The summed E-state index contributed by atoms with van der Waals surface area (Å²) in [5.74, 6) is 0.387. The van der Waals surface area contributed by atoms with Crippen LogP contribution in [0.15, 0.2) is 16.2 Å². The van der Waals surface area contributed by atoms with Crippen LogP contribution in [0.4, 0.5) is 0 Å². The van der Waals surface area contributed by atoms with Crippen LogP contribution < -0.4 is 0 Å². The first kappa shape index (κ1) is 7.11. The zero-order valence-electron chi connectivity index (χ0n) is 5.80. The first-order valence-corrected chi connectivity index (χ1v) is 3.96. The highest BCUT2D eigenvalue weighted by molar-refractivity contribution is 7.13. The molecule has 2 rings (SSSR count). The van der Waals surface area contributed by atoms with Crippen molar-refractivity contribution in [1.82, 2.24) is 15.1 Å². The Morgan fingerprint density at radius 1 is 1.58 bits per heavy atom. The van der Waals surface area contributed by atoms with Crippen molar-refractivity contribution in [3.05, 3.63) is 17.6 Å². The quantitative estimate of drug-likeness (QED) is 0.646. The van der Waals surface area contributed by atoms with E-state index < -0.39 is 0 Å². The van der Waals surface area contributed by atoms with Crippen LogP contribution in [0.1, 0.15) is 10.7 Å². The molecule has 2 aromatic rings. The molecule has 2 heterocycles. The molecular formula is C6H3N3O2S. The van der Waals surface area contributed by atoms with E-state index in [9.17, 15) is 4.79 Å². The van der Waals surface area contributed by atoms with E-state index in [0.717, 1.165) is 4.88 Å². The van der Waals surface area contributed by atoms with Gasteiger partial charge in [0.15, 0.2) is 0 Å². The summed E-state index contributed by atoms with van der Waals surface area (Å²) in [7, 11) is 0. The monoisotopic (exact) mass is 181 g/mol. The second kappa shape index (κ2) is 2.82. The Labute approximate surface area is 71.1 Å². The van der Waals surface area contributed by atoms with Crippen LogP contribution in [-0.2, 0) is 0 Å². The molecule has 0 saturated carbocycles. The Balaban J connectivity index is 2.41. The second-order valence-electron chi connectivity index (χ2n) is 1.94. The predicted octanol–water partition coefficient (Wildman–Crippen LogP) is 1.01. The number of aromatic nitrogens is 3. The van der Waals surface area contributed by atoms with Gasteiger partial charge in [0.1, 0.15) is 0 Å². The van der Waals surface area contributed by atoms with Gasteiger partial charge in [-0.3, -0.25) is 9.78 Å². The topological polar surface area (TPSA) is 68.9 Å². The van der Waals surface area contributed by atoms with Crippen LogP contribution in [0.2, 0.25) is 0 Å². The molecule has 60 valence electrons. The molecule has 0 spiro atoms. The van der Waals surface area contributed by atoms with E-state index in [1.165, 1.54) is 11.3 Å². The van der Waals surface area contributed by atoms with E-state index in [-0.39, 0.29) is 5.89 Å². The average Bonchev–Trinajstić information content (AvgIpc) is 2.75. The molecule has 2 aromatic heterocycles. The fourth-order valence-corrected chi connectivity index (χ4v) is 1.25. The van der Waals surface area contributed by atoms with Gasteiger partial charge in [0.2, 0.25) is 12.1 Å². The Kier molecular flexibility index (Phi) is 1.67. The summed E-state index contributed by atoms with van der Waals surface area (Å²) < 4.78 is 4.59. The van der Waals surface area contributed by atoms with Crippen molar-refractivity contribution in [1.29, 1.82) is 0 Å². The molecule has 6 heteroatoms. The van der Waals surface area contributed by atoms with Crippen molar-refractivity contribution in [2.75, 3.05) is 0 Å². The van der Waals surface area contributed by atoms with Gasteiger partial charge in [-0.15, -0.1) is 11.3 Å². The molecule has 0 unspecified atom stereocenters. The number of nitrogens with zero attached hydrogens (tertiary/aromatic N) is 3. The first-order chi connectivity index (χ1) is 5.90. The van der Waals surface area contributed by atoms with Crippen LogP contribution in [0.3, 0.4) is 0 Å². The molecule has 0 atom stereocenters. The second-order valence-corrected chi connectivity index (χ2v) is 2.83. The largest absolute Gasteiger partial charge is 0.331 e. The summed E-state index contributed by atoms with van der Waals surface area (Å²) in [6.45, 7) is 0. The van der Waals surface area contributed by atoms with Crippen LogP contribution in [0.25, 0.3) is 10.7 Å². The van der Waals surface area contributed by atoms with Gasteiger partial charge in [0.25, 0.3) is 5.89 Å². The van der Waals surface area contributed by atoms with Crippen LogP contribution in [0.5, 0.6) is 0 Å². The summed E-state index contributed by atoms with van der Waals surface area (Å²) in [6.07, 6.45) is 2.13. The minimum Gasteiger partial charge on any atom is -0.331 e. The number of rotatable bonds is 2. The number of hydrogen-bond acceptors (Lipinski definition) is 6. The van der Waals surface area contributed by atoms with Gasteiger partial charge in [0.05, 0.1) is 10.4 Å². The van der Waals surface area contributed by atoms with E-state index >= 15 is 0 Å². The molecule has 0 saturated heterocycles. The average molecular weight is 181 g/mol. The third kappa shape index (κ3) is 1.12. The van der Waals surface area contributed by atoms with E-state index in [1.807, 2.05) is 0 Å². The van der Waals surface area contributed by atoms with Crippen molar-refractivity contribution in [3.63, 3.8) is 0 Å². The highest BCUT2D eigenvalue weighted by Crippen LogP contribution is 2.18. The van der Waals surface area contributed by atoms with E-state index in [2.05, 4.69) is 19.6 Å². The lowest BCUT2D eigenvalue weighted by Gasteiger charge is -1.78. The molecule has 5 nitrogen and oxygen atoms in total. The standard InChI is InChI=1S/C6H3N3O2S/c10-2-5-8-6(9-11-5)4-1-7-3-12-4/h1-3H. The van der Waals surface area contributed by atoms with Gasteiger partial charge in [0, 0.05) is 6.20 Å². The first-order valence-electron chi connectivity index (χ1n) is 3.08. The minimum absolute atomic E-state index is 0.0154. The smallest absolute Gasteiger partial charge is 0.291 e. The van der Waals surface area contributed by atoms with Gasteiger partial charge in [-0.2, -0.15) is 4.98 Å². The van der Waals surface area contributed by atoms with Gasteiger partial charge in [-0.25, -0.2) is 0 Å². The molecule has 0 aliphatic carbocycles. The van der Waals surface area contributed by atoms with E-state index in [4.69, 9.17) is 0 Å². The Bertz CT molecular complexity index is 381. The van der Waals surface area contributed by atoms with Gasteiger partial charge >= 0.3 is 0 Å². The predicted molar refractivity (Wildman–Crippen MR) is 40.8 cm³/mol. The summed E-state index contributed by atoms with van der Waals surface area (Å²) in [6, 6.07) is 0. The number of carbonyl (C=O) groups excluding carboxylic acids is 1. The van der Waals surface area contributed by atoms with E-state index in [0.29, 0.717) is 12.1 Å². The molecule has 0 aliphatic rings. The Hall–Kier alpha value is -1.56. The highest BCUT2D eigenvalue weighted by Gasteiger charge is 2.07. The minimum atomic E-state index is -0.0154. The maximum atomic E-state index is 10.2. The van der Waals surface area contributed by atoms with Crippen molar-refractivity contribution in [2.45, 2.75) is 0 Å². The summed E-state index contributed by atoms with van der Waals surface area (Å²) >= 11 is 1.39. The van der Waals surface area contributed by atoms with Crippen molar-refractivity contribution < 1.29 is 9.32 Å². The third-order valence-electron chi connectivity index (χ3n) is 1.20. The van der Waals surface area contributed by atoms with Crippen molar-refractivity contribution in [3.8, 4) is 10.7 Å². The zero-order chi connectivity index (χ0) is 8.39. The van der Waals surface area contributed by atoms with Crippen molar-refractivity contribution >= 4 is 17.6 Å². The number of aldehydes is 1. The van der Waals surface area contributed by atoms with Crippen LogP contribution >= 0.6 is 11.3 Å². The molecule has 0 bridgehead atoms. The molecule has 0 fully saturated rings. The molecule has 0 amide bonds. The lowest BCUT2D eigenvalue weighted by molar-refractivity contribution is 0.108. The van der Waals surface area contributed by atoms with Gasteiger partial charge < -0.3 is 4.52 Å². The number of hydrogen-bond donors (Lipinski definition) is 0. The van der Waals surface area contributed by atoms with E-state index in [1.54, 1.807) is 11.7 Å². The van der Waals surface area contributed by atoms with Crippen LogP contribution in [0, 0.1) is 0 Å². The fraction of sp³-hybridized carbons (Fsp3) is 0. The zero-order valence-corrected chi connectivity index (χ0v) is 6.61. The molecule has 0 N–H and O–H groups in total. The normalized spacial score (nSPS) is 10.0.